The van der Waals surface area contributed by atoms with Gasteiger partial charge in [0.1, 0.15) is 0 Å². The summed E-state index contributed by atoms with van der Waals surface area (Å²) in [5.41, 5.74) is 0. The lowest BCUT2D eigenvalue weighted by atomic mass is 10.1. The number of rotatable bonds is 2. The molecule has 2 heterocycles. The number of hydrogen-bond acceptors (Lipinski definition) is 3. The van der Waals surface area contributed by atoms with Crippen molar-refractivity contribution in [3.8, 4) is 5.75 Å². The molecule has 1 atom stereocenters. The van der Waals surface area contributed by atoms with Gasteiger partial charge in [-0.1, -0.05) is 0 Å². The molecule has 4 nitrogen and oxygen atoms in total. The van der Waals surface area contributed by atoms with Gasteiger partial charge < -0.3 is 4.74 Å². The van der Waals surface area contributed by atoms with Crippen LogP contribution in [0, 0.1) is 0 Å². The molecule has 1 aromatic rings. The summed E-state index contributed by atoms with van der Waals surface area (Å²) in [4.78, 5) is 2.25. The SMILES string of the molecule is CN1CCCCC1Oc1cn[nH]c1. The van der Waals surface area contributed by atoms with Gasteiger partial charge in [-0.25, -0.2) is 0 Å². The largest absolute Gasteiger partial charge is 0.472 e. The molecular weight excluding hydrogens is 166 g/mol. The predicted octanol–water partition coefficient (Wildman–Crippen LogP) is 1.23. The van der Waals surface area contributed by atoms with Crippen LogP contribution < -0.4 is 4.74 Å². The first kappa shape index (κ1) is 8.56. The van der Waals surface area contributed by atoms with Gasteiger partial charge in [0.15, 0.2) is 12.0 Å². The quantitative estimate of drug-likeness (QED) is 0.746. The Kier molecular flexibility index (Phi) is 2.49. The van der Waals surface area contributed by atoms with Crippen LogP contribution >= 0.6 is 0 Å². The van der Waals surface area contributed by atoms with Crippen LogP contribution in [0.1, 0.15) is 19.3 Å². The van der Waals surface area contributed by atoms with Crippen molar-refractivity contribution in [2.24, 2.45) is 0 Å². The molecule has 1 unspecified atom stereocenters. The van der Waals surface area contributed by atoms with Crippen molar-refractivity contribution >= 4 is 0 Å². The Morgan fingerprint density at radius 3 is 3.23 bits per heavy atom. The molecule has 72 valence electrons. The van der Waals surface area contributed by atoms with Crippen molar-refractivity contribution in [3.05, 3.63) is 12.4 Å². The zero-order valence-corrected chi connectivity index (χ0v) is 7.86. The molecule has 2 rings (SSSR count). The molecule has 0 radical (unpaired) electrons. The van der Waals surface area contributed by atoms with Gasteiger partial charge >= 0.3 is 0 Å². The van der Waals surface area contributed by atoms with Crippen molar-refractivity contribution < 1.29 is 4.74 Å². The van der Waals surface area contributed by atoms with E-state index in [1.807, 2.05) is 0 Å². The van der Waals surface area contributed by atoms with E-state index in [4.69, 9.17) is 4.74 Å². The lowest BCUT2D eigenvalue weighted by molar-refractivity contribution is 0.0151. The molecule has 1 saturated heterocycles. The molecule has 13 heavy (non-hydrogen) atoms. The summed E-state index contributed by atoms with van der Waals surface area (Å²) in [6, 6.07) is 0. The number of nitrogens with zero attached hydrogens (tertiary/aromatic N) is 2. The predicted molar refractivity (Wildman–Crippen MR) is 49.5 cm³/mol. The first-order valence-corrected chi connectivity index (χ1v) is 4.72. The second-order valence-electron chi connectivity index (χ2n) is 3.48. The normalized spacial score (nSPS) is 24.5. The number of ether oxygens (including phenoxy) is 1. The zero-order chi connectivity index (χ0) is 9.10. The molecule has 0 amide bonds. The third-order valence-electron chi connectivity index (χ3n) is 2.45. The van der Waals surface area contributed by atoms with Gasteiger partial charge in [-0.3, -0.25) is 10.00 Å². The van der Waals surface area contributed by atoms with Crippen LogP contribution in [0.15, 0.2) is 12.4 Å². The van der Waals surface area contributed by atoms with Crippen LogP contribution in [0.5, 0.6) is 5.75 Å². The summed E-state index contributed by atoms with van der Waals surface area (Å²) in [6.45, 7) is 1.13. The fourth-order valence-corrected chi connectivity index (χ4v) is 1.65. The molecule has 0 aromatic carbocycles. The van der Waals surface area contributed by atoms with E-state index in [0.717, 1.165) is 18.7 Å². The molecular formula is C9H15N3O. The van der Waals surface area contributed by atoms with Crippen molar-refractivity contribution in [2.45, 2.75) is 25.5 Å². The van der Waals surface area contributed by atoms with E-state index < -0.39 is 0 Å². The van der Waals surface area contributed by atoms with Gasteiger partial charge in [0.2, 0.25) is 0 Å². The van der Waals surface area contributed by atoms with Crippen molar-refractivity contribution in [3.63, 3.8) is 0 Å². The summed E-state index contributed by atoms with van der Waals surface area (Å²) >= 11 is 0. The lowest BCUT2D eigenvalue weighted by Crippen LogP contribution is -2.40. The number of H-pyrrole nitrogens is 1. The van der Waals surface area contributed by atoms with Crippen molar-refractivity contribution in [1.82, 2.24) is 15.1 Å². The van der Waals surface area contributed by atoms with Crippen LogP contribution in [0.2, 0.25) is 0 Å². The Labute approximate surface area is 77.9 Å². The number of piperidine rings is 1. The van der Waals surface area contributed by atoms with E-state index in [1.54, 1.807) is 12.4 Å². The van der Waals surface area contributed by atoms with Gasteiger partial charge in [0.05, 0.1) is 12.4 Å². The van der Waals surface area contributed by atoms with Gasteiger partial charge in [-0.15, -0.1) is 0 Å². The standard InChI is InChI=1S/C9H15N3O/c1-12-5-3-2-4-9(12)13-8-6-10-11-7-8/h6-7,9H,2-5H2,1H3,(H,10,11). The van der Waals surface area contributed by atoms with Crippen molar-refractivity contribution in [1.29, 1.82) is 0 Å². The number of hydrogen-bond donors (Lipinski definition) is 1. The Morgan fingerprint density at radius 2 is 2.54 bits per heavy atom. The molecule has 0 spiro atoms. The number of likely N-dealkylation sites (tertiary alicyclic amines) is 1. The molecule has 4 heteroatoms. The monoisotopic (exact) mass is 181 g/mol. The lowest BCUT2D eigenvalue weighted by Gasteiger charge is -2.31. The van der Waals surface area contributed by atoms with E-state index in [-0.39, 0.29) is 6.23 Å². The maximum absolute atomic E-state index is 5.74. The molecule has 1 fully saturated rings. The molecule has 1 N–H and O–H groups in total. The third kappa shape index (κ3) is 2.01. The minimum Gasteiger partial charge on any atom is -0.472 e. The highest BCUT2D eigenvalue weighted by molar-refractivity contribution is 5.10. The Morgan fingerprint density at radius 1 is 1.62 bits per heavy atom. The molecule has 0 bridgehead atoms. The number of aromatic amines is 1. The number of aromatic nitrogens is 2. The molecule has 1 aliphatic rings. The van der Waals surface area contributed by atoms with Crippen LogP contribution in [0.25, 0.3) is 0 Å². The average Bonchev–Trinajstić information content (AvgIpc) is 2.61. The highest BCUT2D eigenvalue weighted by Crippen LogP contribution is 2.18. The van der Waals surface area contributed by atoms with Crippen molar-refractivity contribution in [2.75, 3.05) is 13.6 Å². The molecule has 1 aliphatic heterocycles. The van der Waals surface area contributed by atoms with Crippen LogP contribution in [0.4, 0.5) is 0 Å². The summed E-state index contributed by atoms with van der Waals surface area (Å²) in [7, 11) is 2.10. The zero-order valence-electron chi connectivity index (χ0n) is 7.86. The number of nitrogens with one attached hydrogen (secondary N) is 1. The Balaban J connectivity index is 1.93. The first-order valence-electron chi connectivity index (χ1n) is 4.72. The van der Waals surface area contributed by atoms with Gasteiger partial charge in [-0.05, 0) is 26.3 Å². The highest BCUT2D eigenvalue weighted by atomic mass is 16.5. The van der Waals surface area contributed by atoms with Crippen LogP contribution in [0.3, 0.4) is 0 Å². The first-order chi connectivity index (χ1) is 6.36. The molecule has 0 saturated carbocycles. The summed E-state index contributed by atoms with van der Waals surface area (Å²) < 4.78 is 5.74. The highest BCUT2D eigenvalue weighted by Gasteiger charge is 2.20. The van der Waals surface area contributed by atoms with Gasteiger partial charge in [0.25, 0.3) is 0 Å². The van der Waals surface area contributed by atoms with Gasteiger partial charge in [-0.2, -0.15) is 5.10 Å². The second-order valence-corrected chi connectivity index (χ2v) is 3.48. The maximum atomic E-state index is 5.74. The Hall–Kier alpha value is -1.03. The summed E-state index contributed by atoms with van der Waals surface area (Å²) in [6.07, 6.45) is 7.37. The van der Waals surface area contributed by atoms with Crippen LogP contribution in [-0.2, 0) is 0 Å². The average molecular weight is 181 g/mol. The minimum atomic E-state index is 0.228. The fourth-order valence-electron chi connectivity index (χ4n) is 1.65. The Bertz CT molecular complexity index is 247. The minimum absolute atomic E-state index is 0.228. The van der Waals surface area contributed by atoms with E-state index in [9.17, 15) is 0 Å². The van der Waals surface area contributed by atoms with Gasteiger partial charge in [0, 0.05) is 6.54 Å². The van der Waals surface area contributed by atoms with Crippen LogP contribution in [-0.4, -0.2) is 34.9 Å². The maximum Gasteiger partial charge on any atom is 0.159 e. The third-order valence-corrected chi connectivity index (χ3v) is 2.45. The van der Waals surface area contributed by atoms with E-state index >= 15 is 0 Å². The smallest absolute Gasteiger partial charge is 0.159 e. The topological polar surface area (TPSA) is 41.1 Å². The summed E-state index contributed by atoms with van der Waals surface area (Å²) in [5.74, 6) is 0.832. The van der Waals surface area contributed by atoms with E-state index in [1.165, 1.54) is 12.8 Å². The van der Waals surface area contributed by atoms with E-state index in [0.29, 0.717) is 0 Å². The molecule has 1 aromatic heterocycles. The molecule has 0 aliphatic carbocycles. The second kappa shape index (κ2) is 3.79. The summed E-state index contributed by atoms with van der Waals surface area (Å²) in [5, 5.41) is 6.58. The fraction of sp³-hybridized carbons (Fsp3) is 0.667. The van der Waals surface area contributed by atoms with E-state index in [2.05, 4.69) is 22.1 Å².